The van der Waals surface area contributed by atoms with Crippen molar-refractivity contribution < 1.29 is 9.50 Å². The van der Waals surface area contributed by atoms with Crippen LogP contribution in [-0.4, -0.2) is 21.6 Å². The summed E-state index contributed by atoms with van der Waals surface area (Å²) < 4.78 is 13.3. The lowest BCUT2D eigenvalue weighted by atomic mass is 10.1. The molecule has 0 aliphatic heterocycles. The van der Waals surface area contributed by atoms with Crippen molar-refractivity contribution in [1.82, 2.24) is 9.97 Å². The molecule has 2 aromatic rings. The first-order chi connectivity index (χ1) is 9.01. The monoisotopic (exact) mass is 261 g/mol. The minimum atomic E-state index is -0.889. The topological polar surface area (TPSA) is 72.0 Å². The molecule has 100 valence electrons. The van der Waals surface area contributed by atoms with Crippen LogP contribution in [0.2, 0.25) is 0 Å². The van der Waals surface area contributed by atoms with Gasteiger partial charge in [0.05, 0.1) is 5.69 Å². The Morgan fingerprint density at radius 2 is 2.00 bits per heavy atom. The highest BCUT2D eigenvalue weighted by atomic mass is 19.1. The number of halogens is 1. The van der Waals surface area contributed by atoms with E-state index in [9.17, 15) is 9.50 Å². The van der Waals surface area contributed by atoms with E-state index in [0.29, 0.717) is 17.1 Å². The van der Waals surface area contributed by atoms with Gasteiger partial charge >= 0.3 is 0 Å². The van der Waals surface area contributed by atoms with Crippen molar-refractivity contribution in [3.63, 3.8) is 0 Å². The van der Waals surface area contributed by atoms with Gasteiger partial charge in [-0.2, -0.15) is 0 Å². The van der Waals surface area contributed by atoms with Gasteiger partial charge in [-0.3, -0.25) is 0 Å². The van der Waals surface area contributed by atoms with Crippen molar-refractivity contribution in [2.75, 3.05) is 6.54 Å². The molecule has 1 atom stereocenters. The van der Waals surface area contributed by atoms with Crippen molar-refractivity contribution in [2.24, 2.45) is 5.73 Å². The highest BCUT2D eigenvalue weighted by Crippen LogP contribution is 2.22. The maximum atomic E-state index is 13.3. The first-order valence-electron chi connectivity index (χ1n) is 6.01. The smallest absolute Gasteiger partial charge is 0.159 e. The van der Waals surface area contributed by atoms with Gasteiger partial charge in [-0.15, -0.1) is 0 Å². The van der Waals surface area contributed by atoms with Gasteiger partial charge in [0, 0.05) is 17.8 Å². The van der Waals surface area contributed by atoms with E-state index in [1.807, 2.05) is 6.92 Å². The van der Waals surface area contributed by atoms with E-state index in [1.165, 1.54) is 6.07 Å². The number of aromatic nitrogens is 2. The molecule has 1 aromatic carbocycles. The van der Waals surface area contributed by atoms with Crippen LogP contribution in [0.3, 0.4) is 0 Å². The number of nitrogens with two attached hydrogens (primary N) is 1. The summed E-state index contributed by atoms with van der Waals surface area (Å²) in [5, 5.41) is 9.71. The largest absolute Gasteiger partial charge is 0.384 e. The van der Waals surface area contributed by atoms with E-state index in [4.69, 9.17) is 5.73 Å². The molecule has 1 unspecified atom stereocenters. The number of rotatable bonds is 3. The molecule has 1 heterocycles. The Bertz CT molecular complexity index is 601. The van der Waals surface area contributed by atoms with Gasteiger partial charge in [0.2, 0.25) is 0 Å². The Morgan fingerprint density at radius 1 is 1.26 bits per heavy atom. The molecule has 1 aromatic heterocycles. The zero-order valence-corrected chi connectivity index (χ0v) is 10.9. The molecule has 3 N–H and O–H groups in total. The lowest BCUT2D eigenvalue weighted by Gasteiger charge is -2.10. The second kappa shape index (κ2) is 5.42. The molecule has 0 amide bonds. The van der Waals surface area contributed by atoms with E-state index in [-0.39, 0.29) is 12.4 Å². The molecule has 19 heavy (non-hydrogen) atoms. The summed E-state index contributed by atoms with van der Waals surface area (Å²) in [5.74, 6) is 0.0382. The van der Waals surface area contributed by atoms with Crippen LogP contribution < -0.4 is 5.73 Å². The maximum Gasteiger partial charge on any atom is 0.159 e. The van der Waals surface area contributed by atoms with Crippen molar-refractivity contribution >= 4 is 0 Å². The minimum Gasteiger partial charge on any atom is -0.384 e. The first kappa shape index (κ1) is 13.6. The fraction of sp³-hybridized carbons (Fsp3) is 0.286. The normalized spacial score (nSPS) is 12.5. The number of aliphatic hydroxyl groups is 1. The third kappa shape index (κ3) is 2.94. The van der Waals surface area contributed by atoms with Crippen LogP contribution in [0.1, 0.15) is 23.2 Å². The molecule has 0 bridgehead atoms. The molecule has 0 fully saturated rings. The summed E-state index contributed by atoms with van der Waals surface area (Å²) in [6.45, 7) is 3.57. The number of aryl methyl sites for hydroxylation is 2. The summed E-state index contributed by atoms with van der Waals surface area (Å²) in [7, 11) is 0. The van der Waals surface area contributed by atoms with E-state index in [2.05, 4.69) is 9.97 Å². The van der Waals surface area contributed by atoms with Crippen LogP contribution in [0.4, 0.5) is 4.39 Å². The standard InChI is InChI=1S/C14H16FN3O/c1-8-5-10(3-4-11(8)15)12-6-9(2)17-14(18-12)13(19)7-16/h3-6,13,19H,7,16H2,1-2H3. The Hall–Kier alpha value is -1.85. The van der Waals surface area contributed by atoms with Gasteiger partial charge in [-0.25, -0.2) is 14.4 Å². The van der Waals surface area contributed by atoms with Crippen LogP contribution in [0.25, 0.3) is 11.3 Å². The molecule has 0 aliphatic rings. The SMILES string of the molecule is Cc1cc(-c2ccc(F)c(C)c2)nc(C(O)CN)n1. The average molecular weight is 261 g/mol. The number of hydrogen-bond donors (Lipinski definition) is 2. The van der Waals surface area contributed by atoms with Gasteiger partial charge in [-0.05, 0) is 43.7 Å². The summed E-state index contributed by atoms with van der Waals surface area (Å²) in [5.41, 5.74) is 8.13. The van der Waals surface area contributed by atoms with Crippen LogP contribution >= 0.6 is 0 Å². The molecule has 0 aliphatic carbocycles. The van der Waals surface area contributed by atoms with Gasteiger partial charge in [0.15, 0.2) is 5.82 Å². The summed E-state index contributed by atoms with van der Waals surface area (Å²) >= 11 is 0. The molecule has 0 radical (unpaired) electrons. The third-order valence-corrected chi connectivity index (χ3v) is 2.85. The van der Waals surface area contributed by atoms with Crippen molar-refractivity contribution in [3.05, 3.63) is 47.2 Å². The lowest BCUT2D eigenvalue weighted by molar-refractivity contribution is 0.176. The van der Waals surface area contributed by atoms with Gasteiger partial charge in [0.25, 0.3) is 0 Å². The van der Waals surface area contributed by atoms with Crippen LogP contribution in [0, 0.1) is 19.7 Å². The van der Waals surface area contributed by atoms with Gasteiger partial charge in [-0.1, -0.05) is 0 Å². The fourth-order valence-corrected chi connectivity index (χ4v) is 1.80. The number of aliphatic hydroxyl groups excluding tert-OH is 1. The molecule has 0 saturated carbocycles. The highest BCUT2D eigenvalue weighted by Gasteiger charge is 2.12. The van der Waals surface area contributed by atoms with Gasteiger partial charge in [0.1, 0.15) is 11.9 Å². The zero-order chi connectivity index (χ0) is 14.0. The summed E-state index contributed by atoms with van der Waals surface area (Å²) in [6.07, 6.45) is -0.889. The molecule has 2 rings (SSSR count). The van der Waals surface area contributed by atoms with Crippen molar-refractivity contribution in [3.8, 4) is 11.3 Å². The van der Waals surface area contributed by atoms with Crippen LogP contribution in [-0.2, 0) is 0 Å². The van der Waals surface area contributed by atoms with E-state index in [0.717, 1.165) is 11.3 Å². The average Bonchev–Trinajstić information content (AvgIpc) is 2.40. The van der Waals surface area contributed by atoms with Crippen molar-refractivity contribution in [2.45, 2.75) is 20.0 Å². The van der Waals surface area contributed by atoms with Crippen LogP contribution in [0.15, 0.2) is 24.3 Å². The Kier molecular flexibility index (Phi) is 3.87. The molecular formula is C14H16FN3O. The van der Waals surface area contributed by atoms with E-state index in [1.54, 1.807) is 25.1 Å². The second-order valence-electron chi connectivity index (χ2n) is 4.47. The Labute approximate surface area is 111 Å². The molecular weight excluding hydrogens is 245 g/mol. The number of nitrogens with zero attached hydrogens (tertiary/aromatic N) is 2. The highest BCUT2D eigenvalue weighted by molar-refractivity contribution is 5.60. The number of hydrogen-bond acceptors (Lipinski definition) is 4. The van der Waals surface area contributed by atoms with E-state index >= 15 is 0 Å². The maximum absolute atomic E-state index is 13.3. The predicted molar refractivity (Wildman–Crippen MR) is 70.9 cm³/mol. The quantitative estimate of drug-likeness (QED) is 0.885. The summed E-state index contributed by atoms with van der Waals surface area (Å²) in [4.78, 5) is 8.44. The Morgan fingerprint density at radius 3 is 2.63 bits per heavy atom. The molecule has 4 nitrogen and oxygen atoms in total. The van der Waals surface area contributed by atoms with E-state index < -0.39 is 6.10 Å². The molecule has 5 heteroatoms. The van der Waals surface area contributed by atoms with Gasteiger partial charge < -0.3 is 10.8 Å². The Balaban J connectivity index is 2.49. The minimum absolute atomic E-state index is 0.0609. The molecule has 0 saturated heterocycles. The molecule has 0 spiro atoms. The lowest BCUT2D eigenvalue weighted by Crippen LogP contribution is -2.15. The fourth-order valence-electron chi connectivity index (χ4n) is 1.80. The van der Waals surface area contributed by atoms with Crippen LogP contribution in [0.5, 0.6) is 0 Å². The third-order valence-electron chi connectivity index (χ3n) is 2.85. The van der Waals surface area contributed by atoms with Crippen molar-refractivity contribution in [1.29, 1.82) is 0 Å². The number of benzene rings is 1. The zero-order valence-electron chi connectivity index (χ0n) is 10.9. The predicted octanol–water partition coefficient (Wildman–Crippen LogP) is 1.89. The first-order valence-corrected chi connectivity index (χ1v) is 6.01. The summed E-state index contributed by atoms with van der Waals surface area (Å²) in [6, 6.07) is 6.57. The second-order valence-corrected chi connectivity index (χ2v) is 4.47.